The van der Waals surface area contributed by atoms with Crippen molar-refractivity contribution in [1.29, 1.82) is 0 Å². The first-order valence-electron chi connectivity index (χ1n) is 6.89. The zero-order valence-electron chi connectivity index (χ0n) is 12.4. The van der Waals surface area contributed by atoms with Gasteiger partial charge in [-0.1, -0.05) is 13.0 Å². The molecule has 0 aromatic heterocycles. The topological polar surface area (TPSA) is 32.3 Å². The maximum atomic E-state index is 9.18. The average molecular weight is 249 g/mol. The first-order chi connectivity index (χ1) is 8.51. The Kier molecular flexibility index (Phi) is 5.83. The fraction of sp³-hybridized carbons (Fsp3) is 0.625. The van der Waals surface area contributed by atoms with Crippen LogP contribution in [0, 0.1) is 33.6 Å². The second-order valence-corrected chi connectivity index (χ2v) is 5.33. The molecule has 18 heavy (non-hydrogen) atoms. The summed E-state index contributed by atoms with van der Waals surface area (Å²) in [4.78, 5) is 0. The molecule has 0 fully saturated rings. The fourth-order valence-electron chi connectivity index (χ4n) is 2.30. The van der Waals surface area contributed by atoms with Gasteiger partial charge in [0.1, 0.15) is 0 Å². The number of rotatable bonds is 6. The van der Waals surface area contributed by atoms with Gasteiger partial charge in [-0.2, -0.15) is 0 Å². The highest BCUT2D eigenvalue weighted by Gasteiger charge is 2.09. The zero-order valence-corrected chi connectivity index (χ0v) is 12.4. The number of hydrogen-bond donors (Lipinski definition) is 2. The first kappa shape index (κ1) is 15.2. The van der Waals surface area contributed by atoms with Crippen molar-refractivity contribution < 1.29 is 5.11 Å². The second-order valence-electron chi connectivity index (χ2n) is 5.33. The van der Waals surface area contributed by atoms with E-state index in [1.54, 1.807) is 0 Å². The highest BCUT2D eigenvalue weighted by molar-refractivity contribution is 5.43. The van der Waals surface area contributed by atoms with Crippen LogP contribution >= 0.6 is 0 Å². The third-order valence-electron chi connectivity index (χ3n) is 4.09. The van der Waals surface area contributed by atoms with Crippen LogP contribution in [0.15, 0.2) is 6.07 Å². The number of aryl methyl sites for hydroxylation is 2. The number of aliphatic hydroxyl groups excluding tert-OH is 1. The van der Waals surface area contributed by atoms with E-state index in [1.165, 1.54) is 27.8 Å². The van der Waals surface area contributed by atoms with Gasteiger partial charge >= 0.3 is 0 Å². The Morgan fingerprint density at radius 3 is 2.11 bits per heavy atom. The molecule has 1 aromatic rings. The molecule has 2 heteroatoms. The van der Waals surface area contributed by atoms with Gasteiger partial charge in [-0.15, -0.1) is 0 Å². The quantitative estimate of drug-likeness (QED) is 0.812. The summed E-state index contributed by atoms with van der Waals surface area (Å²) in [7, 11) is 0. The van der Waals surface area contributed by atoms with E-state index in [-0.39, 0.29) is 6.61 Å². The minimum absolute atomic E-state index is 0.272. The van der Waals surface area contributed by atoms with Crippen molar-refractivity contribution in [1.82, 2.24) is 5.32 Å². The lowest BCUT2D eigenvalue weighted by Gasteiger charge is -2.18. The van der Waals surface area contributed by atoms with Gasteiger partial charge in [0.05, 0.1) is 0 Å². The van der Waals surface area contributed by atoms with Crippen molar-refractivity contribution in [2.45, 2.75) is 47.6 Å². The summed E-state index contributed by atoms with van der Waals surface area (Å²) >= 11 is 0. The van der Waals surface area contributed by atoms with Crippen LogP contribution in [0.4, 0.5) is 0 Å². The lowest BCUT2D eigenvalue weighted by atomic mass is 9.94. The number of hydrogen-bond acceptors (Lipinski definition) is 2. The van der Waals surface area contributed by atoms with E-state index in [9.17, 15) is 5.11 Å². The molecular weight excluding hydrogens is 222 g/mol. The van der Waals surface area contributed by atoms with Gasteiger partial charge in [-0.25, -0.2) is 0 Å². The third-order valence-corrected chi connectivity index (χ3v) is 4.09. The van der Waals surface area contributed by atoms with Crippen LogP contribution in [-0.4, -0.2) is 18.3 Å². The summed E-state index contributed by atoms with van der Waals surface area (Å²) in [5.74, 6) is 0.372. The predicted octanol–water partition coefficient (Wildman–Crippen LogP) is 3.03. The molecule has 0 bridgehead atoms. The Hall–Kier alpha value is -0.860. The Labute approximate surface area is 111 Å². The van der Waals surface area contributed by atoms with Gasteiger partial charge < -0.3 is 10.4 Å². The molecule has 0 spiro atoms. The second kappa shape index (κ2) is 6.91. The van der Waals surface area contributed by atoms with E-state index in [4.69, 9.17) is 0 Å². The molecule has 102 valence electrons. The van der Waals surface area contributed by atoms with Gasteiger partial charge in [-0.3, -0.25) is 0 Å². The average Bonchev–Trinajstić information content (AvgIpc) is 2.36. The van der Waals surface area contributed by atoms with E-state index in [2.05, 4.69) is 46.0 Å². The first-order valence-corrected chi connectivity index (χ1v) is 6.89. The summed E-state index contributed by atoms with van der Waals surface area (Å²) in [5, 5.41) is 12.7. The maximum absolute atomic E-state index is 9.18. The molecule has 0 radical (unpaired) electrons. The minimum atomic E-state index is 0.272. The Morgan fingerprint density at radius 1 is 1.11 bits per heavy atom. The Balaban J connectivity index is 2.73. The normalized spacial score (nSPS) is 12.8. The summed E-state index contributed by atoms with van der Waals surface area (Å²) in [6.45, 7) is 12.9. The number of nitrogens with one attached hydrogen (secondary N) is 1. The lowest BCUT2D eigenvalue weighted by molar-refractivity contribution is 0.218. The minimum Gasteiger partial charge on any atom is -0.396 e. The van der Waals surface area contributed by atoms with Crippen molar-refractivity contribution in [2.24, 2.45) is 5.92 Å². The van der Waals surface area contributed by atoms with Crippen LogP contribution in [0.25, 0.3) is 0 Å². The molecule has 0 saturated carbocycles. The van der Waals surface area contributed by atoms with Gasteiger partial charge in [0.2, 0.25) is 0 Å². The summed E-state index contributed by atoms with van der Waals surface area (Å²) in [6.07, 6.45) is 1.02. The molecule has 2 N–H and O–H groups in total. The summed E-state index contributed by atoms with van der Waals surface area (Å²) in [6, 6.07) is 2.26. The summed E-state index contributed by atoms with van der Waals surface area (Å²) < 4.78 is 0. The highest BCUT2D eigenvalue weighted by Crippen LogP contribution is 2.21. The fourth-order valence-corrected chi connectivity index (χ4v) is 2.30. The smallest absolute Gasteiger partial charge is 0.0471 e. The third kappa shape index (κ3) is 3.56. The van der Waals surface area contributed by atoms with Gasteiger partial charge in [0.25, 0.3) is 0 Å². The molecule has 1 unspecified atom stereocenters. The molecular formula is C16H27NO. The molecule has 0 aliphatic carbocycles. The zero-order chi connectivity index (χ0) is 13.7. The predicted molar refractivity (Wildman–Crippen MR) is 78.0 cm³/mol. The van der Waals surface area contributed by atoms with Crippen LogP contribution in [0.5, 0.6) is 0 Å². The van der Waals surface area contributed by atoms with Gasteiger partial charge in [-0.05, 0) is 67.9 Å². The van der Waals surface area contributed by atoms with Crippen molar-refractivity contribution in [3.8, 4) is 0 Å². The Morgan fingerprint density at radius 2 is 1.67 bits per heavy atom. The van der Waals surface area contributed by atoms with E-state index < -0.39 is 0 Å². The molecule has 1 atom stereocenters. The SMILES string of the molecule is CCC(CO)CNCc1c(C)c(C)cc(C)c1C. The molecule has 0 aliphatic heterocycles. The van der Waals surface area contributed by atoms with Crippen LogP contribution in [0.2, 0.25) is 0 Å². The standard InChI is InChI=1S/C16H27NO/c1-6-15(10-18)8-17-9-16-13(4)11(2)7-12(3)14(16)5/h7,15,17-18H,6,8-10H2,1-5H3. The van der Waals surface area contributed by atoms with E-state index in [0.717, 1.165) is 19.5 Å². The maximum Gasteiger partial charge on any atom is 0.0471 e. The summed E-state index contributed by atoms with van der Waals surface area (Å²) in [5.41, 5.74) is 6.93. The molecule has 0 heterocycles. The molecule has 0 aliphatic rings. The molecule has 2 nitrogen and oxygen atoms in total. The van der Waals surface area contributed by atoms with Gasteiger partial charge in [0.15, 0.2) is 0 Å². The van der Waals surface area contributed by atoms with Crippen LogP contribution in [0.3, 0.4) is 0 Å². The van der Waals surface area contributed by atoms with Crippen LogP contribution < -0.4 is 5.32 Å². The monoisotopic (exact) mass is 249 g/mol. The van der Waals surface area contributed by atoms with E-state index >= 15 is 0 Å². The van der Waals surface area contributed by atoms with Crippen molar-refractivity contribution in [3.63, 3.8) is 0 Å². The van der Waals surface area contributed by atoms with E-state index in [1.807, 2.05) is 0 Å². The van der Waals surface area contributed by atoms with Crippen LogP contribution in [0.1, 0.15) is 41.2 Å². The molecule has 0 saturated heterocycles. The highest BCUT2D eigenvalue weighted by atomic mass is 16.3. The van der Waals surface area contributed by atoms with Gasteiger partial charge in [0, 0.05) is 19.7 Å². The molecule has 1 aromatic carbocycles. The number of aliphatic hydroxyl groups is 1. The molecule has 1 rings (SSSR count). The van der Waals surface area contributed by atoms with Crippen LogP contribution in [-0.2, 0) is 6.54 Å². The largest absolute Gasteiger partial charge is 0.396 e. The van der Waals surface area contributed by atoms with E-state index in [0.29, 0.717) is 5.92 Å². The molecule has 0 amide bonds. The number of benzene rings is 1. The van der Waals surface area contributed by atoms with Crippen molar-refractivity contribution in [2.75, 3.05) is 13.2 Å². The lowest BCUT2D eigenvalue weighted by Crippen LogP contribution is -2.25. The van der Waals surface area contributed by atoms with Crippen molar-refractivity contribution >= 4 is 0 Å². The van der Waals surface area contributed by atoms with Crippen molar-refractivity contribution in [3.05, 3.63) is 33.9 Å². The Bertz CT molecular complexity index is 368.